The number of carbonyl (C=O) groups excluding carboxylic acids is 1. The molecule has 2 aliphatic carbocycles. The highest BCUT2D eigenvalue weighted by molar-refractivity contribution is 5.76. The van der Waals surface area contributed by atoms with Crippen molar-refractivity contribution >= 4 is 5.97 Å². The number of allylic oxidation sites excluding steroid dienone is 1. The van der Waals surface area contributed by atoms with Crippen LogP contribution in [0.3, 0.4) is 0 Å². The Morgan fingerprint density at radius 3 is 2.65 bits per heavy atom. The Hall–Kier alpha value is -0.910. The first-order valence-corrected chi connectivity index (χ1v) is 10.7. The summed E-state index contributed by atoms with van der Waals surface area (Å²) in [4.78, 5) is 15.9. The van der Waals surface area contributed by atoms with Crippen LogP contribution in [0.5, 0.6) is 0 Å². The molecule has 5 heteroatoms. The lowest BCUT2D eigenvalue weighted by Crippen LogP contribution is -3.28. The van der Waals surface area contributed by atoms with Crippen LogP contribution in [0.15, 0.2) is 11.6 Å². The summed E-state index contributed by atoms with van der Waals surface area (Å²) < 4.78 is 5.80. The number of nitrogens with one attached hydrogen (secondary N) is 2. The molecule has 0 aromatic carbocycles. The summed E-state index contributed by atoms with van der Waals surface area (Å²) in [5, 5.41) is 11.4. The second-order valence-electron chi connectivity index (χ2n) is 9.36. The Balaban J connectivity index is 1.52. The molecule has 6 atom stereocenters. The lowest BCUT2D eigenvalue weighted by molar-refractivity contribution is -1.01. The first-order valence-electron chi connectivity index (χ1n) is 10.7. The van der Waals surface area contributed by atoms with E-state index in [0.717, 1.165) is 38.9 Å². The fourth-order valence-corrected chi connectivity index (χ4v) is 6.12. The number of esters is 1. The van der Waals surface area contributed by atoms with Crippen molar-refractivity contribution in [2.24, 2.45) is 23.2 Å². The molecular formula is C21H36N2O3+2. The zero-order chi connectivity index (χ0) is 18.5. The summed E-state index contributed by atoms with van der Waals surface area (Å²) in [7, 11) is 0. The summed E-state index contributed by atoms with van der Waals surface area (Å²) in [5.74, 6) is 0.223. The number of aliphatic hydroxyl groups is 1. The molecule has 4 rings (SSSR count). The summed E-state index contributed by atoms with van der Waals surface area (Å²) in [6.07, 6.45) is 4.75. The fourth-order valence-electron chi connectivity index (χ4n) is 6.12. The van der Waals surface area contributed by atoms with Crippen molar-refractivity contribution in [2.75, 3.05) is 39.3 Å². The van der Waals surface area contributed by atoms with Crippen molar-refractivity contribution in [1.82, 2.24) is 0 Å². The minimum atomic E-state index is -0.471. The minimum absolute atomic E-state index is 0.0331. The fraction of sp³-hybridized carbons (Fsp3) is 0.857. The van der Waals surface area contributed by atoms with Gasteiger partial charge in [0, 0.05) is 17.8 Å². The molecule has 3 N–H and O–H groups in total. The number of rotatable bonds is 3. The zero-order valence-electron chi connectivity index (χ0n) is 16.6. The van der Waals surface area contributed by atoms with Crippen molar-refractivity contribution in [1.29, 1.82) is 0 Å². The van der Waals surface area contributed by atoms with Gasteiger partial charge in [-0.25, -0.2) is 0 Å². The highest BCUT2D eigenvalue weighted by atomic mass is 16.6. The SMILES string of the molecule is CC[NH+]1CC[NH+](C[C@@H]2C(=O)O[C@H]3CC4=CCC[C@H](C)[C@]4(C)[C@H](O)[C@@H]32)CC1. The molecule has 0 spiro atoms. The number of piperazine rings is 1. The molecule has 2 aliphatic heterocycles. The van der Waals surface area contributed by atoms with E-state index in [9.17, 15) is 9.90 Å². The third kappa shape index (κ3) is 2.83. The summed E-state index contributed by atoms with van der Waals surface area (Å²) in [5.41, 5.74) is 1.14. The molecule has 26 heavy (non-hydrogen) atoms. The number of likely N-dealkylation sites (N-methyl/N-ethyl adjacent to an activating group) is 1. The number of carbonyl (C=O) groups is 1. The van der Waals surface area contributed by atoms with Gasteiger partial charge in [0.2, 0.25) is 0 Å². The maximum atomic E-state index is 12.7. The van der Waals surface area contributed by atoms with Gasteiger partial charge < -0.3 is 19.6 Å². The van der Waals surface area contributed by atoms with Crippen LogP contribution < -0.4 is 9.80 Å². The van der Waals surface area contributed by atoms with E-state index in [-0.39, 0.29) is 29.3 Å². The van der Waals surface area contributed by atoms with Gasteiger partial charge in [-0.15, -0.1) is 0 Å². The lowest BCUT2D eigenvalue weighted by atomic mass is 9.55. The highest BCUT2D eigenvalue weighted by Gasteiger charge is 2.60. The predicted octanol–water partition coefficient (Wildman–Crippen LogP) is -0.925. The number of hydrogen-bond acceptors (Lipinski definition) is 3. The smallest absolute Gasteiger partial charge is 0.315 e. The molecule has 0 bridgehead atoms. The molecule has 0 aromatic heterocycles. The molecule has 0 aromatic rings. The second kappa shape index (κ2) is 6.92. The van der Waals surface area contributed by atoms with Crippen LogP contribution in [0.2, 0.25) is 0 Å². The average molecular weight is 365 g/mol. The molecule has 0 unspecified atom stereocenters. The second-order valence-corrected chi connectivity index (χ2v) is 9.36. The Morgan fingerprint density at radius 2 is 1.96 bits per heavy atom. The normalized spacial score (nSPS) is 48.4. The Labute approximate surface area is 157 Å². The molecule has 2 heterocycles. The van der Waals surface area contributed by atoms with Gasteiger partial charge in [-0.2, -0.15) is 0 Å². The van der Waals surface area contributed by atoms with Gasteiger partial charge in [0.15, 0.2) is 0 Å². The van der Waals surface area contributed by atoms with Crippen LogP contribution in [0, 0.1) is 23.2 Å². The molecule has 0 radical (unpaired) electrons. The van der Waals surface area contributed by atoms with Crippen molar-refractivity contribution in [3.63, 3.8) is 0 Å². The van der Waals surface area contributed by atoms with Crippen molar-refractivity contribution in [3.8, 4) is 0 Å². The van der Waals surface area contributed by atoms with Crippen LogP contribution in [-0.4, -0.2) is 62.6 Å². The number of ether oxygens (including phenoxy) is 1. The van der Waals surface area contributed by atoms with E-state index in [1.54, 1.807) is 4.90 Å². The topological polar surface area (TPSA) is 55.4 Å². The van der Waals surface area contributed by atoms with Crippen LogP contribution in [-0.2, 0) is 9.53 Å². The quantitative estimate of drug-likeness (QED) is 0.448. The van der Waals surface area contributed by atoms with Crippen LogP contribution in [0.4, 0.5) is 0 Å². The summed E-state index contributed by atoms with van der Waals surface area (Å²) in [6, 6.07) is 0. The Kier molecular flexibility index (Phi) is 4.91. The van der Waals surface area contributed by atoms with Gasteiger partial charge in [-0.05, 0) is 25.7 Å². The number of hydrogen-bond donors (Lipinski definition) is 3. The highest BCUT2D eigenvalue weighted by Crippen LogP contribution is 2.55. The third-order valence-corrected chi connectivity index (χ3v) is 8.24. The van der Waals surface area contributed by atoms with Gasteiger partial charge in [-0.3, -0.25) is 4.79 Å². The molecular weight excluding hydrogens is 328 g/mol. The third-order valence-electron chi connectivity index (χ3n) is 8.24. The monoisotopic (exact) mass is 364 g/mol. The van der Waals surface area contributed by atoms with Crippen molar-refractivity contribution < 1.29 is 24.4 Å². The molecule has 3 fully saturated rings. The van der Waals surface area contributed by atoms with E-state index in [0.29, 0.717) is 5.92 Å². The van der Waals surface area contributed by atoms with E-state index >= 15 is 0 Å². The molecule has 146 valence electrons. The first-order chi connectivity index (χ1) is 12.4. The molecule has 5 nitrogen and oxygen atoms in total. The summed E-state index contributed by atoms with van der Waals surface area (Å²) in [6.45, 7) is 13.4. The van der Waals surface area contributed by atoms with Gasteiger partial charge in [0.05, 0.1) is 19.2 Å². The summed E-state index contributed by atoms with van der Waals surface area (Å²) >= 11 is 0. The first kappa shape index (κ1) is 18.5. The number of quaternary nitrogens is 2. The predicted molar refractivity (Wildman–Crippen MR) is 98.9 cm³/mol. The van der Waals surface area contributed by atoms with Gasteiger partial charge in [-0.1, -0.05) is 25.5 Å². The van der Waals surface area contributed by atoms with E-state index in [2.05, 4.69) is 26.8 Å². The van der Waals surface area contributed by atoms with Gasteiger partial charge in [0.25, 0.3) is 0 Å². The maximum absolute atomic E-state index is 12.7. The number of fused-ring (bicyclic) bond motifs is 2. The average Bonchev–Trinajstić information content (AvgIpc) is 2.94. The van der Waals surface area contributed by atoms with E-state index in [1.165, 1.54) is 30.1 Å². The van der Waals surface area contributed by atoms with Gasteiger partial charge in [0.1, 0.15) is 38.2 Å². The van der Waals surface area contributed by atoms with Crippen LogP contribution in [0.25, 0.3) is 0 Å². The maximum Gasteiger partial charge on any atom is 0.315 e. The van der Waals surface area contributed by atoms with Crippen LogP contribution in [0.1, 0.15) is 40.0 Å². The van der Waals surface area contributed by atoms with E-state index < -0.39 is 6.10 Å². The van der Waals surface area contributed by atoms with Crippen LogP contribution >= 0.6 is 0 Å². The molecule has 2 saturated heterocycles. The van der Waals surface area contributed by atoms with Crippen molar-refractivity contribution in [3.05, 3.63) is 11.6 Å². The minimum Gasteiger partial charge on any atom is -0.461 e. The lowest BCUT2D eigenvalue weighted by Gasteiger charge is -2.51. The molecule has 4 aliphatic rings. The Bertz CT molecular complexity index is 584. The van der Waals surface area contributed by atoms with E-state index in [1.807, 2.05) is 0 Å². The largest absolute Gasteiger partial charge is 0.461 e. The zero-order valence-corrected chi connectivity index (χ0v) is 16.6. The molecule has 0 amide bonds. The van der Waals surface area contributed by atoms with Crippen molar-refractivity contribution in [2.45, 2.75) is 52.2 Å². The number of aliphatic hydroxyl groups excluding tert-OH is 1. The standard InChI is InChI=1S/C21H34N2O3/c1-4-22-8-10-23(11-9-22)13-16-18-17(26-20(16)25)12-15-7-5-6-14(2)21(15,3)19(18)24/h7,14,16-19,24H,4-6,8-13H2,1-3H3/p+2/t14-,16-,17-,18+,19+,21-/m0/s1. The molecule has 1 saturated carbocycles. The van der Waals surface area contributed by atoms with Gasteiger partial charge >= 0.3 is 5.97 Å². The Morgan fingerprint density at radius 1 is 1.27 bits per heavy atom. The van der Waals surface area contributed by atoms with E-state index in [4.69, 9.17) is 4.74 Å².